The average Bonchev–Trinajstić information content (AvgIpc) is 2.40. The second-order valence-electron chi connectivity index (χ2n) is 3.81. The van der Waals surface area contributed by atoms with Gasteiger partial charge in [-0.25, -0.2) is 4.98 Å². The fraction of sp³-hybridized carbons (Fsp3) is 0.0714. The van der Waals surface area contributed by atoms with E-state index in [-0.39, 0.29) is 0 Å². The molecule has 1 radical (unpaired) electrons. The van der Waals surface area contributed by atoms with Crippen molar-refractivity contribution in [2.24, 2.45) is 0 Å². The van der Waals surface area contributed by atoms with Crippen LogP contribution in [-0.2, 0) is 6.42 Å². The van der Waals surface area contributed by atoms with Gasteiger partial charge in [-0.1, -0.05) is 12.1 Å². The first kappa shape index (κ1) is 9.90. The second kappa shape index (κ2) is 4.29. The molecule has 3 nitrogen and oxygen atoms in total. The van der Waals surface area contributed by atoms with Gasteiger partial charge in [0.2, 0.25) is 0 Å². The van der Waals surface area contributed by atoms with Gasteiger partial charge in [-0.2, -0.15) is 0 Å². The molecule has 17 heavy (non-hydrogen) atoms. The number of fused-ring (bicyclic) bond motifs is 1. The maximum atomic E-state index is 4.55. The highest BCUT2D eigenvalue weighted by atomic mass is 14.8. The van der Waals surface area contributed by atoms with Crippen LogP contribution in [-0.4, -0.2) is 15.0 Å². The lowest BCUT2D eigenvalue weighted by Crippen LogP contribution is -1.95. The molecule has 0 fully saturated rings. The van der Waals surface area contributed by atoms with E-state index >= 15 is 0 Å². The molecule has 0 saturated heterocycles. The Kier molecular flexibility index (Phi) is 2.50. The van der Waals surface area contributed by atoms with Crippen molar-refractivity contribution >= 4 is 11.0 Å². The Morgan fingerprint density at radius 3 is 3.00 bits per heavy atom. The summed E-state index contributed by atoms with van der Waals surface area (Å²) in [7, 11) is 0. The maximum absolute atomic E-state index is 4.55. The Balaban J connectivity index is 1.96. The van der Waals surface area contributed by atoms with Gasteiger partial charge in [0.05, 0.1) is 16.7 Å². The van der Waals surface area contributed by atoms with Crippen LogP contribution in [0.3, 0.4) is 0 Å². The third-order valence-corrected chi connectivity index (χ3v) is 2.54. The van der Waals surface area contributed by atoms with E-state index in [0.717, 1.165) is 28.7 Å². The highest BCUT2D eigenvalue weighted by Crippen LogP contribution is 2.10. The van der Waals surface area contributed by atoms with Crippen LogP contribution in [0, 0.1) is 6.07 Å². The molecule has 0 aliphatic heterocycles. The van der Waals surface area contributed by atoms with Gasteiger partial charge in [0.15, 0.2) is 0 Å². The van der Waals surface area contributed by atoms with Gasteiger partial charge >= 0.3 is 0 Å². The van der Waals surface area contributed by atoms with Crippen LogP contribution < -0.4 is 0 Å². The molecule has 81 valence electrons. The van der Waals surface area contributed by atoms with E-state index in [2.05, 4.69) is 21.0 Å². The Bertz CT molecular complexity index is 635. The molecule has 0 bridgehead atoms. The molecule has 2 aromatic heterocycles. The third-order valence-electron chi connectivity index (χ3n) is 2.54. The Morgan fingerprint density at radius 2 is 2.12 bits per heavy atom. The summed E-state index contributed by atoms with van der Waals surface area (Å²) in [5.74, 6) is 0. The smallest absolute Gasteiger partial charge is 0.0896 e. The molecule has 0 atom stereocenters. The minimum Gasteiger partial charge on any atom is -0.264 e. The highest BCUT2D eigenvalue weighted by Gasteiger charge is 2.00. The van der Waals surface area contributed by atoms with E-state index in [1.54, 1.807) is 6.20 Å². The largest absolute Gasteiger partial charge is 0.264 e. The van der Waals surface area contributed by atoms with Crippen molar-refractivity contribution in [2.75, 3.05) is 0 Å². The fourth-order valence-electron chi connectivity index (χ4n) is 1.74. The molecule has 3 rings (SSSR count). The van der Waals surface area contributed by atoms with Gasteiger partial charge in [0.25, 0.3) is 0 Å². The molecule has 2 heterocycles. The summed E-state index contributed by atoms with van der Waals surface area (Å²) in [5.41, 5.74) is 3.87. The first-order valence-corrected chi connectivity index (χ1v) is 5.42. The van der Waals surface area contributed by atoms with E-state index in [0.29, 0.717) is 0 Å². The molecule has 3 heteroatoms. The summed E-state index contributed by atoms with van der Waals surface area (Å²) < 4.78 is 0. The highest BCUT2D eigenvalue weighted by molar-refractivity contribution is 5.73. The van der Waals surface area contributed by atoms with Crippen LogP contribution in [0.15, 0.2) is 48.9 Å². The zero-order valence-corrected chi connectivity index (χ0v) is 9.17. The van der Waals surface area contributed by atoms with Crippen molar-refractivity contribution in [1.29, 1.82) is 0 Å². The van der Waals surface area contributed by atoms with Gasteiger partial charge < -0.3 is 0 Å². The second-order valence-corrected chi connectivity index (χ2v) is 3.81. The number of nitrogens with zero attached hydrogens (tertiary/aromatic N) is 3. The zero-order valence-electron chi connectivity index (χ0n) is 9.17. The van der Waals surface area contributed by atoms with Gasteiger partial charge in [0, 0.05) is 25.0 Å². The maximum Gasteiger partial charge on any atom is 0.0896 e. The van der Waals surface area contributed by atoms with Crippen molar-refractivity contribution in [2.45, 2.75) is 6.42 Å². The molecule has 3 aromatic rings. The van der Waals surface area contributed by atoms with Crippen LogP contribution in [0.4, 0.5) is 0 Å². The van der Waals surface area contributed by atoms with E-state index in [4.69, 9.17) is 0 Å². The Morgan fingerprint density at radius 1 is 1.12 bits per heavy atom. The number of rotatable bonds is 2. The lowest BCUT2D eigenvalue weighted by atomic mass is 10.1. The van der Waals surface area contributed by atoms with Crippen LogP contribution in [0.25, 0.3) is 11.0 Å². The number of pyridine rings is 1. The molecule has 0 spiro atoms. The first-order chi connectivity index (χ1) is 8.42. The van der Waals surface area contributed by atoms with Crippen molar-refractivity contribution in [3.05, 3.63) is 66.2 Å². The fourth-order valence-corrected chi connectivity index (χ4v) is 1.74. The molecule has 0 N–H and O–H groups in total. The Labute approximate surface area is 99.2 Å². The summed E-state index contributed by atoms with van der Waals surface area (Å²) >= 11 is 0. The predicted molar refractivity (Wildman–Crippen MR) is 65.4 cm³/mol. The summed E-state index contributed by atoms with van der Waals surface area (Å²) in [6.45, 7) is 0. The minimum absolute atomic E-state index is 0.756. The molecule has 1 aromatic carbocycles. The van der Waals surface area contributed by atoms with E-state index in [1.807, 2.05) is 42.7 Å². The van der Waals surface area contributed by atoms with E-state index in [9.17, 15) is 0 Å². The Hall–Kier alpha value is -2.29. The molecule has 0 unspecified atom stereocenters. The summed E-state index contributed by atoms with van der Waals surface area (Å²) in [4.78, 5) is 13.0. The van der Waals surface area contributed by atoms with Crippen molar-refractivity contribution in [1.82, 2.24) is 15.0 Å². The molecule has 0 saturated carbocycles. The third kappa shape index (κ3) is 2.13. The summed E-state index contributed by atoms with van der Waals surface area (Å²) in [6, 6.07) is 12.6. The SMILES string of the molecule is [c]1ccc2ncc(Cc3cccnc3)nc2c1. The molecule has 0 aliphatic rings. The van der Waals surface area contributed by atoms with Gasteiger partial charge in [-0.15, -0.1) is 0 Å². The van der Waals surface area contributed by atoms with Crippen LogP contribution in [0.1, 0.15) is 11.3 Å². The number of hydrogen-bond acceptors (Lipinski definition) is 3. The van der Waals surface area contributed by atoms with Crippen LogP contribution in [0.2, 0.25) is 0 Å². The summed E-state index contributed by atoms with van der Waals surface area (Å²) in [5, 5.41) is 0. The molecule has 0 aliphatic carbocycles. The first-order valence-electron chi connectivity index (χ1n) is 5.42. The number of benzene rings is 1. The number of hydrogen-bond donors (Lipinski definition) is 0. The van der Waals surface area contributed by atoms with Gasteiger partial charge in [-0.3, -0.25) is 9.97 Å². The lowest BCUT2D eigenvalue weighted by molar-refractivity contribution is 1.05. The number of aromatic nitrogens is 3. The minimum atomic E-state index is 0.756. The van der Waals surface area contributed by atoms with Crippen LogP contribution >= 0.6 is 0 Å². The molecular weight excluding hydrogens is 210 g/mol. The average molecular weight is 220 g/mol. The zero-order chi connectivity index (χ0) is 11.5. The molecule has 0 amide bonds. The van der Waals surface area contributed by atoms with Crippen LogP contribution in [0.5, 0.6) is 0 Å². The summed E-state index contributed by atoms with van der Waals surface area (Å²) in [6.07, 6.45) is 6.19. The lowest BCUT2D eigenvalue weighted by Gasteiger charge is -2.01. The normalized spacial score (nSPS) is 10.6. The topological polar surface area (TPSA) is 38.7 Å². The van der Waals surface area contributed by atoms with Gasteiger partial charge in [0.1, 0.15) is 0 Å². The molecular formula is C14H10N3. The monoisotopic (exact) mass is 220 g/mol. The van der Waals surface area contributed by atoms with Crippen molar-refractivity contribution in [3.63, 3.8) is 0 Å². The quantitative estimate of drug-likeness (QED) is 0.665. The van der Waals surface area contributed by atoms with Crippen molar-refractivity contribution < 1.29 is 0 Å². The van der Waals surface area contributed by atoms with E-state index < -0.39 is 0 Å². The van der Waals surface area contributed by atoms with E-state index in [1.165, 1.54) is 0 Å². The standard InChI is InChI=1S/C14H10N3/c1-2-6-14-13(5-1)16-10-12(17-14)8-11-4-3-7-15-9-11/h1,3-7,9-10H,8H2. The predicted octanol–water partition coefficient (Wildman–Crippen LogP) is 2.42. The van der Waals surface area contributed by atoms with Gasteiger partial charge in [-0.05, 0) is 29.8 Å². The van der Waals surface area contributed by atoms with Crippen molar-refractivity contribution in [3.8, 4) is 0 Å².